The largest absolute Gasteiger partial charge is 0.507 e. The lowest BCUT2D eigenvalue weighted by Gasteiger charge is -2.22. The van der Waals surface area contributed by atoms with Gasteiger partial charge in [-0.15, -0.1) is 0 Å². The van der Waals surface area contributed by atoms with Crippen LogP contribution < -0.4 is 4.74 Å². The van der Waals surface area contributed by atoms with Gasteiger partial charge in [0.1, 0.15) is 11.5 Å². The number of rotatable bonds is 12. The van der Waals surface area contributed by atoms with E-state index in [1.54, 1.807) is 36.4 Å². The number of benzene rings is 2. The molecule has 0 aliphatic rings. The Bertz CT molecular complexity index is 735. The van der Waals surface area contributed by atoms with Crippen molar-refractivity contribution in [1.29, 1.82) is 0 Å². The van der Waals surface area contributed by atoms with Crippen LogP contribution in [0, 0.1) is 0 Å². The quantitative estimate of drug-likeness (QED) is 0.329. The number of ketones is 1. The minimum absolute atomic E-state index is 0.0714. The van der Waals surface area contributed by atoms with Crippen molar-refractivity contribution in [3.63, 3.8) is 0 Å². The van der Waals surface area contributed by atoms with E-state index in [4.69, 9.17) is 13.9 Å². The molecule has 0 saturated carbocycles. The Kier molecular flexibility index (Phi) is 9.20. The maximum Gasteiger partial charge on any atom is 0.205 e. The molecule has 5 nitrogen and oxygen atoms in total. The predicted octanol–water partition coefficient (Wildman–Crippen LogP) is 4.12. The van der Waals surface area contributed by atoms with Gasteiger partial charge in [0.25, 0.3) is 0 Å². The van der Waals surface area contributed by atoms with Gasteiger partial charge < -0.3 is 19.0 Å². The fourth-order valence-electron chi connectivity index (χ4n) is 3.05. The first-order valence-electron chi connectivity index (χ1n) is 9.85. The summed E-state index contributed by atoms with van der Waals surface area (Å²) < 4.78 is 17.3. The Morgan fingerprint density at radius 1 is 1.11 bits per heavy atom. The van der Waals surface area contributed by atoms with Crippen LogP contribution in [0.15, 0.2) is 48.5 Å². The average molecular weight is 403 g/mol. The van der Waals surface area contributed by atoms with Crippen LogP contribution in [0.2, 0.25) is 6.04 Å². The van der Waals surface area contributed by atoms with Gasteiger partial charge in [0.05, 0.1) is 17.9 Å². The predicted molar refractivity (Wildman–Crippen MR) is 113 cm³/mol. The molecule has 0 radical (unpaired) electrons. The summed E-state index contributed by atoms with van der Waals surface area (Å²) in [4.78, 5) is 12.5. The van der Waals surface area contributed by atoms with E-state index < -0.39 is 9.04 Å². The highest BCUT2D eigenvalue weighted by Crippen LogP contribution is 2.26. The van der Waals surface area contributed by atoms with Crippen molar-refractivity contribution in [1.82, 2.24) is 0 Å². The van der Waals surface area contributed by atoms with Crippen molar-refractivity contribution < 1.29 is 23.8 Å². The molecule has 152 valence electrons. The van der Waals surface area contributed by atoms with Crippen LogP contribution in [0.1, 0.15) is 43.1 Å². The molecule has 0 saturated heterocycles. The van der Waals surface area contributed by atoms with Crippen molar-refractivity contribution in [2.45, 2.75) is 39.0 Å². The van der Waals surface area contributed by atoms with Crippen LogP contribution >= 0.6 is 0 Å². The molecule has 2 atom stereocenters. The van der Waals surface area contributed by atoms with Crippen LogP contribution in [0.4, 0.5) is 0 Å². The van der Waals surface area contributed by atoms with Crippen molar-refractivity contribution >= 4 is 14.8 Å². The number of ether oxygens (including phenoxy) is 2. The monoisotopic (exact) mass is 402 g/mol. The second-order valence-corrected chi connectivity index (χ2v) is 9.45. The number of aromatic hydroxyl groups is 1. The zero-order chi connectivity index (χ0) is 20.4. The van der Waals surface area contributed by atoms with E-state index in [1.165, 1.54) is 6.07 Å². The topological polar surface area (TPSA) is 65.0 Å². The van der Waals surface area contributed by atoms with E-state index >= 15 is 0 Å². The Hall–Kier alpha value is -2.15. The zero-order valence-corrected chi connectivity index (χ0v) is 18.0. The van der Waals surface area contributed by atoms with Gasteiger partial charge in [-0.2, -0.15) is 0 Å². The van der Waals surface area contributed by atoms with Gasteiger partial charge >= 0.3 is 0 Å². The highest BCUT2D eigenvalue weighted by molar-refractivity contribution is 6.53. The maximum atomic E-state index is 12.5. The summed E-state index contributed by atoms with van der Waals surface area (Å²) in [5, 5.41) is 10.2. The fraction of sp³-hybridized carbons (Fsp3) is 0.409. The molecule has 0 aromatic heterocycles. The summed E-state index contributed by atoms with van der Waals surface area (Å²) in [5.41, 5.74) is 0.993. The van der Waals surface area contributed by atoms with Crippen molar-refractivity contribution in [2.24, 2.45) is 0 Å². The van der Waals surface area contributed by atoms with E-state index in [-0.39, 0.29) is 22.8 Å². The summed E-state index contributed by atoms with van der Waals surface area (Å²) in [6.07, 6.45) is 0.861. The molecule has 0 spiro atoms. The smallest absolute Gasteiger partial charge is 0.205 e. The molecule has 0 heterocycles. The molecule has 28 heavy (non-hydrogen) atoms. The first kappa shape index (κ1) is 22.1. The summed E-state index contributed by atoms with van der Waals surface area (Å²) >= 11 is 0. The van der Waals surface area contributed by atoms with Gasteiger partial charge in [-0.25, -0.2) is 0 Å². The van der Waals surface area contributed by atoms with Crippen LogP contribution in [0.5, 0.6) is 11.5 Å². The number of hydrogen-bond acceptors (Lipinski definition) is 5. The van der Waals surface area contributed by atoms with E-state index in [0.717, 1.165) is 12.5 Å². The normalized spacial score (nSPS) is 13.1. The Labute approximate surface area is 169 Å². The van der Waals surface area contributed by atoms with Crippen LogP contribution in [0.25, 0.3) is 0 Å². The Balaban J connectivity index is 1.88. The Morgan fingerprint density at radius 2 is 1.86 bits per heavy atom. The molecule has 0 aliphatic carbocycles. The van der Waals surface area contributed by atoms with Crippen molar-refractivity contribution in [3.8, 4) is 11.5 Å². The standard InChI is InChI=1S/C22H30O5Si/c1-4-25-17(3)28(27-5-2)15-9-14-26-19-12-13-20(21(23)16-19)22(24)18-10-7-6-8-11-18/h6-8,10-13,16-17,23,28H,4-5,9,14-15H2,1-3H3. The lowest BCUT2D eigenvalue weighted by atomic mass is 10.0. The number of carbonyl (C=O) groups excluding carboxylic acids is 1. The molecule has 2 aromatic rings. The first-order chi connectivity index (χ1) is 13.6. The first-order valence-corrected chi connectivity index (χ1v) is 11.8. The summed E-state index contributed by atoms with van der Waals surface area (Å²) in [6.45, 7) is 8.02. The molecular weight excluding hydrogens is 372 g/mol. The summed E-state index contributed by atoms with van der Waals surface area (Å²) in [5.74, 6) is 0.271. The van der Waals surface area contributed by atoms with Crippen LogP contribution in [-0.2, 0) is 9.16 Å². The number of carbonyl (C=O) groups is 1. The number of phenols is 1. The highest BCUT2D eigenvalue weighted by atomic mass is 28.3. The van der Waals surface area contributed by atoms with Crippen LogP contribution in [0.3, 0.4) is 0 Å². The highest BCUT2D eigenvalue weighted by Gasteiger charge is 2.20. The van der Waals surface area contributed by atoms with E-state index in [2.05, 4.69) is 6.92 Å². The molecule has 2 unspecified atom stereocenters. The molecule has 2 aromatic carbocycles. The molecule has 6 heteroatoms. The van der Waals surface area contributed by atoms with Crippen molar-refractivity contribution in [3.05, 3.63) is 59.7 Å². The van der Waals surface area contributed by atoms with E-state index in [0.29, 0.717) is 31.1 Å². The molecule has 0 amide bonds. The second kappa shape index (κ2) is 11.6. The zero-order valence-electron chi connectivity index (χ0n) is 16.9. The van der Waals surface area contributed by atoms with E-state index in [9.17, 15) is 9.90 Å². The fourth-order valence-corrected chi connectivity index (χ4v) is 5.36. The van der Waals surface area contributed by atoms with Gasteiger partial charge in [0, 0.05) is 24.8 Å². The average Bonchev–Trinajstić information content (AvgIpc) is 2.70. The van der Waals surface area contributed by atoms with Crippen LogP contribution in [-0.4, -0.2) is 45.5 Å². The minimum Gasteiger partial charge on any atom is -0.507 e. The van der Waals surface area contributed by atoms with Gasteiger partial charge in [-0.3, -0.25) is 4.79 Å². The van der Waals surface area contributed by atoms with Gasteiger partial charge in [0.15, 0.2) is 5.78 Å². The number of hydrogen-bond donors (Lipinski definition) is 1. The molecular formula is C22H30O5Si. The second-order valence-electron chi connectivity index (χ2n) is 6.52. The molecule has 1 N–H and O–H groups in total. The van der Waals surface area contributed by atoms with E-state index in [1.807, 2.05) is 19.9 Å². The summed E-state index contributed by atoms with van der Waals surface area (Å²) in [7, 11) is -1.43. The molecule has 2 rings (SSSR count). The van der Waals surface area contributed by atoms with Gasteiger partial charge in [-0.1, -0.05) is 30.3 Å². The number of phenolic OH excluding ortho intramolecular Hbond substituents is 1. The molecule has 0 fully saturated rings. The third-order valence-corrected chi connectivity index (χ3v) is 7.46. The minimum atomic E-state index is -1.43. The van der Waals surface area contributed by atoms with Crippen molar-refractivity contribution in [2.75, 3.05) is 19.8 Å². The molecule has 0 aliphatic heterocycles. The Morgan fingerprint density at radius 3 is 2.50 bits per heavy atom. The SMILES string of the molecule is CCOC(C)[SiH](CCCOc1ccc(C(=O)c2ccccc2)c(O)c1)OCC. The maximum absolute atomic E-state index is 12.5. The molecule has 0 bridgehead atoms. The summed E-state index contributed by atoms with van der Waals surface area (Å²) in [6, 6.07) is 14.7. The van der Waals surface area contributed by atoms with Gasteiger partial charge in [-0.05, 0) is 45.4 Å². The third-order valence-electron chi connectivity index (χ3n) is 4.49. The lowest BCUT2D eigenvalue weighted by molar-refractivity contribution is 0.103. The third kappa shape index (κ3) is 6.47. The van der Waals surface area contributed by atoms with Gasteiger partial charge in [0.2, 0.25) is 9.04 Å². The lowest BCUT2D eigenvalue weighted by Crippen LogP contribution is -2.34.